The molecule has 1 aromatic carbocycles. The Kier molecular flexibility index (Phi) is 11.3. The maximum absolute atomic E-state index is 14.5. The van der Waals surface area contributed by atoms with Crippen molar-refractivity contribution in [2.75, 3.05) is 13.1 Å². The number of hydrogen-bond donors (Lipinski definition) is 3. The summed E-state index contributed by atoms with van der Waals surface area (Å²) >= 11 is 0. The number of ether oxygens (including phenoxy) is 2. The molecular formula is C41H54N6O9S. The molecule has 15 nitrogen and oxygen atoms in total. The molecular weight excluding hydrogens is 753 g/mol. The van der Waals surface area contributed by atoms with Crippen LogP contribution >= 0.6 is 0 Å². The van der Waals surface area contributed by atoms with Gasteiger partial charge in [-0.3, -0.25) is 24.1 Å². The maximum Gasteiger partial charge on any atom is 0.410 e. The van der Waals surface area contributed by atoms with Gasteiger partial charge in [-0.05, 0) is 81.0 Å². The average molecular weight is 807 g/mol. The molecule has 3 fully saturated rings. The van der Waals surface area contributed by atoms with Gasteiger partial charge in [0.2, 0.25) is 21.8 Å². The first-order valence-corrected chi connectivity index (χ1v) is 20.9. The topological polar surface area (TPSA) is 193 Å². The van der Waals surface area contributed by atoms with Crippen molar-refractivity contribution in [2.24, 2.45) is 11.3 Å². The SMILES string of the molecule is C=CC1C[C@]1(NC(=O)[C@@H]1C[C@@H](OC(=O)N2CCc3ccccc3C2)CN1C(=O)[C@@H](NC(=O)OC(C)(C)C)C(C)(C)C)C(=O)NS(=O)(=O)C1(Cc2cccnc2)CC1. The summed E-state index contributed by atoms with van der Waals surface area (Å²) in [7, 11) is -4.20. The smallest absolute Gasteiger partial charge is 0.410 e. The van der Waals surface area contributed by atoms with Crippen molar-refractivity contribution in [1.82, 2.24) is 30.1 Å². The molecule has 2 aromatic rings. The van der Waals surface area contributed by atoms with Gasteiger partial charge in [-0.25, -0.2) is 18.0 Å². The summed E-state index contributed by atoms with van der Waals surface area (Å²) in [6, 6.07) is 8.89. The van der Waals surface area contributed by atoms with Gasteiger partial charge < -0.3 is 29.9 Å². The lowest BCUT2D eigenvalue weighted by molar-refractivity contribution is -0.143. The highest BCUT2D eigenvalue weighted by Crippen LogP contribution is 2.48. The summed E-state index contributed by atoms with van der Waals surface area (Å²) < 4.78 is 39.9. The second-order valence-corrected chi connectivity index (χ2v) is 19.9. The Hall–Kier alpha value is -4.99. The quantitative estimate of drug-likeness (QED) is 0.282. The van der Waals surface area contributed by atoms with Gasteiger partial charge in [0, 0.05) is 37.8 Å². The Morgan fingerprint density at radius 3 is 2.33 bits per heavy atom. The average Bonchev–Trinajstić information content (AvgIpc) is 4.04. The summed E-state index contributed by atoms with van der Waals surface area (Å²) in [5.74, 6) is -2.86. The van der Waals surface area contributed by atoms with Crippen molar-refractivity contribution in [3.8, 4) is 0 Å². The van der Waals surface area contributed by atoms with E-state index in [-0.39, 0.29) is 25.8 Å². The molecule has 16 heteroatoms. The molecule has 1 saturated heterocycles. The van der Waals surface area contributed by atoms with Crippen LogP contribution < -0.4 is 15.4 Å². The summed E-state index contributed by atoms with van der Waals surface area (Å²) in [6.07, 6.45) is 3.80. The van der Waals surface area contributed by atoms with Gasteiger partial charge in [0.25, 0.3) is 5.91 Å². The van der Waals surface area contributed by atoms with E-state index in [2.05, 4.69) is 26.9 Å². The third-order valence-electron chi connectivity index (χ3n) is 11.2. The summed E-state index contributed by atoms with van der Waals surface area (Å²) in [5, 5.41) is 5.46. The fourth-order valence-corrected chi connectivity index (χ4v) is 9.34. The molecule has 1 unspecified atom stereocenters. The van der Waals surface area contributed by atoms with Crippen molar-refractivity contribution in [3.63, 3.8) is 0 Å². The lowest BCUT2D eigenvalue weighted by atomic mass is 9.85. The number of nitrogens with zero attached hydrogens (tertiary/aromatic N) is 3. The molecule has 0 radical (unpaired) electrons. The van der Waals surface area contributed by atoms with Crippen LogP contribution in [0.5, 0.6) is 0 Å². The number of aromatic nitrogens is 1. The Morgan fingerprint density at radius 1 is 1.04 bits per heavy atom. The molecule has 5 atom stereocenters. The molecule has 4 aliphatic rings. The number of sulfonamides is 1. The lowest BCUT2D eigenvalue weighted by Crippen LogP contribution is -2.60. The van der Waals surface area contributed by atoms with Crippen LogP contribution in [0.1, 0.15) is 83.9 Å². The molecule has 3 N–H and O–H groups in total. The second-order valence-electron chi connectivity index (χ2n) is 17.8. The van der Waals surface area contributed by atoms with Crippen LogP contribution in [0.15, 0.2) is 61.4 Å². The van der Waals surface area contributed by atoms with Crippen LogP contribution in [-0.4, -0.2) is 100 Å². The number of fused-ring (bicyclic) bond motifs is 1. The number of nitrogens with one attached hydrogen (secondary N) is 3. The highest BCUT2D eigenvalue weighted by atomic mass is 32.2. The highest BCUT2D eigenvalue weighted by Gasteiger charge is 2.64. The van der Waals surface area contributed by atoms with E-state index in [4.69, 9.17) is 9.47 Å². The molecule has 0 spiro atoms. The largest absolute Gasteiger partial charge is 0.444 e. The first kappa shape index (κ1) is 41.6. The van der Waals surface area contributed by atoms with Crippen LogP contribution in [0.4, 0.5) is 9.59 Å². The van der Waals surface area contributed by atoms with E-state index in [0.717, 1.165) is 11.1 Å². The number of rotatable bonds is 11. The van der Waals surface area contributed by atoms with Gasteiger partial charge in [0.15, 0.2) is 0 Å². The molecule has 5 amide bonds. The number of pyridine rings is 1. The minimum atomic E-state index is -4.20. The van der Waals surface area contributed by atoms with Crippen LogP contribution in [-0.2, 0) is 53.3 Å². The van der Waals surface area contributed by atoms with Crippen LogP contribution in [0.2, 0.25) is 0 Å². The van der Waals surface area contributed by atoms with Crippen molar-refractivity contribution >= 4 is 39.9 Å². The van der Waals surface area contributed by atoms with E-state index >= 15 is 0 Å². The molecule has 57 heavy (non-hydrogen) atoms. The molecule has 1 aromatic heterocycles. The Morgan fingerprint density at radius 2 is 1.74 bits per heavy atom. The monoisotopic (exact) mass is 806 g/mol. The Labute approximate surface area is 334 Å². The number of alkyl carbamates (subject to hydrolysis) is 1. The van der Waals surface area contributed by atoms with E-state index in [1.54, 1.807) is 71.0 Å². The van der Waals surface area contributed by atoms with E-state index in [9.17, 15) is 32.4 Å². The van der Waals surface area contributed by atoms with Crippen molar-refractivity contribution in [3.05, 3.63) is 78.1 Å². The summed E-state index contributed by atoms with van der Waals surface area (Å²) in [6.45, 7) is 14.7. The zero-order chi connectivity index (χ0) is 41.6. The van der Waals surface area contributed by atoms with E-state index in [1.165, 1.54) is 11.0 Å². The zero-order valence-electron chi connectivity index (χ0n) is 33.5. The van der Waals surface area contributed by atoms with E-state index < -0.39 is 85.3 Å². The van der Waals surface area contributed by atoms with Crippen molar-refractivity contribution < 1.29 is 41.9 Å². The minimum Gasteiger partial charge on any atom is -0.444 e. The third-order valence-corrected chi connectivity index (χ3v) is 13.3. The minimum absolute atomic E-state index is 0.0829. The number of carbonyl (C=O) groups excluding carboxylic acids is 5. The van der Waals surface area contributed by atoms with E-state index in [1.807, 2.05) is 24.3 Å². The Bertz CT molecular complexity index is 2020. The predicted molar refractivity (Wildman–Crippen MR) is 210 cm³/mol. The third kappa shape index (κ3) is 9.10. The molecule has 3 heterocycles. The molecule has 6 rings (SSSR count). The van der Waals surface area contributed by atoms with Gasteiger partial charge in [-0.15, -0.1) is 6.58 Å². The van der Waals surface area contributed by atoms with Crippen LogP contribution in [0.25, 0.3) is 0 Å². The van der Waals surface area contributed by atoms with Gasteiger partial charge in [-0.1, -0.05) is 57.2 Å². The van der Waals surface area contributed by atoms with Gasteiger partial charge >= 0.3 is 12.2 Å². The zero-order valence-corrected chi connectivity index (χ0v) is 34.3. The molecule has 0 bridgehead atoms. The standard InChI is InChI=1S/C41H54N6O9S/c1-8-29-22-41(29,35(50)45-57(53,54)40(16-17-40)21-26-12-11-18-42-23-26)44-33(48)31-20-30(55-37(52)46-19-15-27-13-9-10-14-28(27)24-46)25-47(31)34(49)32(38(2,3)4)43-36(51)56-39(5,6)7/h8-14,18,23,29-32H,1,15-17,19-22,24-25H2,2-7H3,(H,43,51)(H,44,48)(H,45,50)/t29?,30-,31+,32-,41-/m1/s1. The summed E-state index contributed by atoms with van der Waals surface area (Å²) in [5.41, 5.74) is -0.512. The van der Waals surface area contributed by atoms with Crippen molar-refractivity contribution in [1.29, 1.82) is 0 Å². The first-order chi connectivity index (χ1) is 26.7. The second kappa shape index (κ2) is 15.4. The first-order valence-electron chi connectivity index (χ1n) is 19.4. The summed E-state index contributed by atoms with van der Waals surface area (Å²) in [4.78, 5) is 76.3. The van der Waals surface area contributed by atoms with E-state index in [0.29, 0.717) is 37.9 Å². The van der Waals surface area contributed by atoms with Crippen molar-refractivity contribution in [2.45, 2.75) is 121 Å². The Balaban J connectivity index is 1.22. The number of likely N-dealkylation sites (tertiary alicyclic amines) is 1. The lowest BCUT2D eigenvalue weighted by Gasteiger charge is -2.36. The molecule has 2 saturated carbocycles. The van der Waals surface area contributed by atoms with Gasteiger partial charge in [-0.2, -0.15) is 0 Å². The number of hydrogen-bond acceptors (Lipinski definition) is 10. The number of amides is 5. The number of benzene rings is 1. The predicted octanol–water partition coefficient (Wildman–Crippen LogP) is 3.77. The van der Waals surface area contributed by atoms with Crippen LogP contribution in [0.3, 0.4) is 0 Å². The van der Waals surface area contributed by atoms with Crippen LogP contribution in [0, 0.1) is 11.3 Å². The van der Waals surface area contributed by atoms with Gasteiger partial charge in [0.05, 0.1) is 11.3 Å². The number of carbonyl (C=O) groups is 5. The molecule has 308 valence electrons. The molecule has 2 aliphatic heterocycles. The normalized spacial score (nSPS) is 24.3. The maximum atomic E-state index is 14.5. The molecule has 2 aliphatic carbocycles. The fraction of sp³-hybridized carbons (Fsp3) is 0.561. The highest BCUT2D eigenvalue weighted by molar-refractivity contribution is 7.91. The van der Waals surface area contributed by atoms with Gasteiger partial charge in [0.1, 0.15) is 29.3 Å². The fourth-order valence-electron chi connectivity index (χ4n) is 7.70.